The van der Waals surface area contributed by atoms with Gasteiger partial charge in [0.2, 0.25) is 0 Å². The second-order valence-corrected chi connectivity index (χ2v) is 8.72. The summed E-state index contributed by atoms with van der Waals surface area (Å²) in [6.45, 7) is 13.2. The van der Waals surface area contributed by atoms with Gasteiger partial charge < -0.3 is 19.5 Å². The lowest BCUT2D eigenvalue weighted by molar-refractivity contribution is 0.103. The van der Waals surface area contributed by atoms with E-state index in [0.29, 0.717) is 18.9 Å². The topological polar surface area (TPSA) is 59.0 Å². The Morgan fingerprint density at radius 2 is 1.52 bits per heavy atom. The van der Waals surface area contributed by atoms with Crippen LogP contribution in [-0.2, 0) is 10.2 Å². The fraction of sp³-hybridized carbons (Fsp3) is 0.458. The molecule has 1 aliphatic rings. The lowest BCUT2D eigenvalue weighted by Crippen LogP contribution is -2.24. The number of carbonyl (C=O) groups is 1. The molecule has 0 saturated carbocycles. The SMILES string of the molecule is Cc1cc(C(C)(C)c2cc(C)c(OCC3CN(C)C(=O)O3)c(C)c2)cc(C)c1O. The molecule has 0 spiro atoms. The van der Waals surface area contributed by atoms with E-state index in [1.807, 2.05) is 27.7 Å². The van der Waals surface area contributed by atoms with E-state index in [1.165, 1.54) is 11.1 Å². The molecule has 1 saturated heterocycles. The average molecular weight is 398 g/mol. The lowest BCUT2D eigenvalue weighted by Gasteiger charge is -2.29. The van der Waals surface area contributed by atoms with Crippen molar-refractivity contribution in [2.24, 2.45) is 0 Å². The first kappa shape index (κ1) is 21.0. The molecule has 1 fully saturated rings. The Morgan fingerprint density at radius 1 is 1.03 bits per heavy atom. The molecule has 5 heteroatoms. The minimum atomic E-state index is -0.302. The normalized spacial score (nSPS) is 16.9. The molecule has 1 amide bonds. The number of phenols is 1. The Hall–Kier alpha value is -2.69. The Bertz CT molecular complexity index is 902. The molecule has 0 bridgehead atoms. The summed E-state index contributed by atoms with van der Waals surface area (Å²) < 4.78 is 11.3. The fourth-order valence-corrected chi connectivity index (χ4v) is 3.94. The highest BCUT2D eigenvalue weighted by Crippen LogP contribution is 2.38. The largest absolute Gasteiger partial charge is 0.507 e. The summed E-state index contributed by atoms with van der Waals surface area (Å²) in [7, 11) is 1.72. The van der Waals surface area contributed by atoms with Crippen LogP contribution in [0, 0.1) is 27.7 Å². The number of rotatable bonds is 5. The standard InChI is InChI=1S/C24H31NO4/c1-14-8-18(9-15(2)21(14)26)24(5,6)19-10-16(3)22(17(4)11-19)28-13-20-12-25(7)23(27)29-20/h8-11,20,26H,12-13H2,1-7H3. The highest BCUT2D eigenvalue weighted by atomic mass is 16.6. The predicted molar refractivity (Wildman–Crippen MR) is 114 cm³/mol. The van der Waals surface area contributed by atoms with Gasteiger partial charge in [0.15, 0.2) is 6.10 Å². The summed E-state index contributed by atoms with van der Waals surface area (Å²) in [6, 6.07) is 8.43. The smallest absolute Gasteiger partial charge is 0.410 e. The zero-order valence-corrected chi connectivity index (χ0v) is 18.4. The van der Waals surface area contributed by atoms with Crippen LogP contribution < -0.4 is 4.74 Å². The summed E-state index contributed by atoms with van der Waals surface area (Å²) in [4.78, 5) is 13.1. The zero-order valence-electron chi connectivity index (χ0n) is 18.4. The number of nitrogens with zero attached hydrogens (tertiary/aromatic N) is 1. The van der Waals surface area contributed by atoms with Crippen LogP contribution in [0.15, 0.2) is 24.3 Å². The third-order valence-corrected chi connectivity index (χ3v) is 5.86. The van der Waals surface area contributed by atoms with E-state index >= 15 is 0 Å². The first-order chi connectivity index (χ1) is 13.5. The predicted octanol–water partition coefficient (Wildman–Crippen LogP) is 4.78. The molecule has 1 atom stereocenters. The molecule has 1 heterocycles. The van der Waals surface area contributed by atoms with E-state index in [4.69, 9.17) is 9.47 Å². The number of benzene rings is 2. The van der Waals surface area contributed by atoms with Crippen molar-refractivity contribution in [3.05, 3.63) is 57.6 Å². The number of aryl methyl sites for hydroxylation is 4. The van der Waals surface area contributed by atoms with E-state index in [1.54, 1.807) is 11.9 Å². The molecule has 1 aliphatic heterocycles. The van der Waals surface area contributed by atoms with Crippen LogP contribution in [0.4, 0.5) is 4.79 Å². The number of ether oxygens (including phenoxy) is 2. The third-order valence-electron chi connectivity index (χ3n) is 5.86. The van der Waals surface area contributed by atoms with Gasteiger partial charge in [-0.05, 0) is 61.1 Å². The van der Waals surface area contributed by atoms with Crippen LogP contribution >= 0.6 is 0 Å². The molecule has 2 aromatic rings. The van der Waals surface area contributed by atoms with Crippen LogP contribution in [-0.4, -0.2) is 42.4 Å². The first-order valence-corrected chi connectivity index (χ1v) is 9.97. The third kappa shape index (κ3) is 4.04. The summed E-state index contributed by atoms with van der Waals surface area (Å²) in [5, 5.41) is 10.1. The molecule has 1 unspecified atom stereocenters. The minimum Gasteiger partial charge on any atom is -0.507 e. The summed E-state index contributed by atoms with van der Waals surface area (Å²) in [5.74, 6) is 1.20. The number of amides is 1. The van der Waals surface area contributed by atoms with Crippen LogP contribution in [0.1, 0.15) is 47.2 Å². The molecule has 0 aliphatic carbocycles. The minimum absolute atomic E-state index is 0.221. The molecule has 0 radical (unpaired) electrons. The molecule has 1 N–H and O–H groups in total. The number of likely N-dealkylation sites (N-methyl/N-ethyl adjacent to an activating group) is 1. The quantitative estimate of drug-likeness (QED) is 0.789. The van der Waals surface area contributed by atoms with Gasteiger partial charge in [0.25, 0.3) is 0 Å². The van der Waals surface area contributed by atoms with Gasteiger partial charge >= 0.3 is 6.09 Å². The van der Waals surface area contributed by atoms with Crippen LogP contribution in [0.2, 0.25) is 0 Å². The molecular weight excluding hydrogens is 366 g/mol. The van der Waals surface area contributed by atoms with Gasteiger partial charge in [-0.3, -0.25) is 0 Å². The van der Waals surface area contributed by atoms with Crippen molar-refractivity contribution in [1.82, 2.24) is 4.90 Å². The maximum atomic E-state index is 11.5. The van der Waals surface area contributed by atoms with E-state index in [0.717, 1.165) is 28.0 Å². The Labute approximate surface area is 173 Å². The highest BCUT2D eigenvalue weighted by Gasteiger charge is 2.30. The maximum absolute atomic E-state index is 11.5. The molecule has 2 aromatic carbocycles. The van der Waals surface area contributed by atoms with Gasteiger partial charge in [-0.1, -0.05) is 38.1 Å². The molecule has 3 rings (SSSR count). The highest BCUT2D eigenvalue weighted by molar-refractivity contribution is 5.69. The number of aromatic hydroxyl groups is 1. The maximum Gasteiger partial charge on any atom is 0.410 e. The molecule has 0 aromatic heterocycles. The second-order valence-electron chi connectivity index (χ2n) is 8.72. The van der Waals surface area contributed by atoms with Crippen molar-refractivity contribution in [3.8, 4) is 11.5 Å². The van der Waals surface area contributed by atoms with Gasteiger partial charge in [-0.2, -0.15) is 0 Å². The zero-order chi connectivity index (χ0) is 21.5. The first-order valence-electron chi connectivity index (χ1n) is 9.97. The van der Waals surface area contributed by atoms with Crippen LogP contribution in [0.3, 0.4) is 0 Å². The number of carbonyl (C=O) groups excluding carboxylic acids is 1. The Balaban J connectivity index is 1.85. The van der Waals surface area contributed by atoms with E-state index in [2.05, 4.69) is 38.1 Å². The lowest BCUT2D eigenvalue weighted by atomic mass is 9.76. The van der Waals surface area contributed by atoms with E-state index in [9.17, 15) is 9.90 Å². The van der Waals surface area contributed by atoms with Gasteiger partial charge in [0.05, 0.1) is 6.54 Å². The summed E-state index contributed by atoms with van der Waals surface area (Å²) in [6.07, 6.45) is -0.547. The summed E-state index contributed by atoms with van der Waals surface area (Å²) in [5.41, 5.74) is 6.02. The van der Waals surface area contributed by atoms with E-state index in [-0.39, 0.29) is 17.6 Å². The molecule has 5 nitrogen and oxygen atoms in total. The average Bonchev–Trinajstić information content (AvgIpc) is 2.96. The van der Waals surface area contributed by atoms with Gasteiger partial charge in [0, 0.05) is 12.5 Å². The van der Waals surface area contributed by atoms with E-state index < -0.39 is 0 Å². The van der Waals surface area contributed by atoms with Gasteiger partial charge in [0.1, 0.15) is 18.1 Å². The van der Waals surface area contributed by atoms with Gasteiger partial charge in [-0.25, -0.2) is 4.79 Å². The van der Waals surface area contributed by atoms with Crippen molar-refractivity contribution >= 4 is 6.09 Å². The van der Waals surface area contributed by atoms with Crippen molar-refractivity contribution < 1.29 is 19.4 Å². The number of phenolic OH excluding ortho intramolecular Hbond substituents is 1. The Morgan fingerprint density at radius 3 is 1.97 bits per heavy atom. The van der Waals surface area contributed by atoms with Crippen molar-refractivity contribution in [2.45, 2.75) is 53.1 Å². The van der Waals surface area contributed by atoms with Crippen molar-refractivity contribution in [2.75, 3.05) is 20.2 Å². The monoisotopic (exact) mass is 397 g/mol. The second kappa shape index (κ2) is 7.62. The number of hydrogen-bond acceptors (Lipinski definition) is 4. The van der Waals surface area contributed by atoms with Gasteiger partial charge in [-0.15, -0.1) is 0 Å². The van der Waals surface area contributed by atoms with Crippen molar-refractivity contribution in [1.29, 1.82) is 0 Å². The fourth-order valence-electron chi connectivity index (χ4n) is 3.94. The summed E-state index contributed by atoms with van der Waals surface area (Å²) >= 11 is 0. The van der Waals surface area contributed by atoms with Crippen LogP contribution in [0.25, 0.3) is 0 Å². The Kier molecular flexibility index (Phi) is 5.52. The molecule has 156 valence electrons. The number of cyclic esters (lactones) is 1. The number of hydrogen-bond donors (Lipinski definition) is 1. The van der Waals surface area contributed by atoms with Crippen LogP contribution in [0.5, 0.6) is 11.5 Å². The van der Waals surface area contributed by atoms with Crippen molar-refractivity contribution in [3.63, 3.8) is 0 Å². The molecular formula is C24H31NO4. The molecule has 29 heavy (non-hydrogen) atoms.